The van der Waals surface area contributed by atoms with Crippen LogP contribution in [0, 0.1) is 10.5 Å². The molecule has 1 aromatic carbocycles. The number of benzene rings is 1. The maximum absolute atomic E-state index is 6.16. The Hall–Kier alpha value is -1.37. The minimum absolute atomic E-state index is 0.353. The molecule has 4 nitrogen and oxygen atoms in total. The monoisotopic (exact) mass is 410 g/mol. The molecule has 22 heavy (non-hydrogen) atoms. The van der Waals surface area contributed by atoms with Gasteiger partial charge in [0, 0.05) is 27.3 Å². The summed E-state index contributed by atoms with van der Waals surface area (Å²) in [5.74, 6) is 1.19. The van der Waals surface area contributed by atoms with Crippen LogP contribution in [0.5, 0.6) is 0 Å². The van der Waals surface area contributed by atoms with Crippen LogP contribution >= 0.6 is 22.6 Å². The van der Waals surface area contributed by atoms with Crippen LogP contribution in [0.2, 0.25) is 0 Å². The molecule has 0 aliphatic heterocycles. The minimum atomic E-state index is 0.353. The summed E-state index contributed by atoms with van der Waals surface area (Å²) < 4.78 is 1.23. The summed E-state index contributed by atoms with van der Waals surface area (Å²) in [6.07, 6.45) is 2.99. The number of halogens is 1. The number of aryl methyl sites for hydroxylation is 1. The lowest BCUT2D eigenvalue weighted by molar-refractivity contribution is 0.683. The van der Waals surface area contributed by atoms with Crippen molar-refractivity contribution in [1.82, 2.24) is 9.97 Å². The Bertz CT molecular complexity index is 602. The lowest BCUT2D eigenvalue weighted by Crippen LogP contribution is -2.18. The van der Waals surface area contributed by atoms with Gasteiger partial charge in [-0.05, 0) is 60.6 Å². The van der Waals surface area contributed by atoms with Crippen LogP contribution in [0.4, 0.5) is 11.8 Å². The van der Waals surface area contributed by atoms with Crippen molar-refractivity contribution in [3.05, 3.63) is 44.7 Å². The second-order valence-corrected chi connectivity index (χ2v) is 6.88. The number of nitrogens with two attached hydrogens (primary N) is 1. The number of nitrogens with zero attached hydrogens (tertiary/aromatic N) is 2. The van der Waals surface area contributed by atoms with Gasteiger partial charge in [0.2, 0.25) is 5.95 Å². The fraction of sp³-hybridized carbons (Fsp3) is 0.412. The van der Waals surface area contributed by atoms with Crippen LogP contribution in [0.15, 0.2) is 24.3 Å². The molecule has 5 heteroatoms. The number of rotatable bonds is 6. The first-order valence-electron chi connectivity index (χ1n) is 7.63. The van der Waals surface area contributed by atoms with Gasteiger partial charge in [0.25, 0.3) is 0 Å². The number of hydrogen-bond donors (Lipinski definition) is 2. The molecule has 3 N–H and O–H groups in total. The highest BCUT2D eigenvalue weighted by atomic mass is 127. The van der Waals surface area contributed by atoms with Gasteiger partial charge in [0.05, 0.1) is 0 Å². The summed E-state index contributed by atoms with van der Waals surface area (Å²) >= 11 is 2.31. The van der Waals surface area contributed by atoms with Crippen molar-refractivity contribution < 1.29 is 0 Å². The van der Waals surface area contributed by atoms with Gasteiger partial charge < -0.3 is 11.1 Å². The Morgan fingerprint density at radius 1 is 1.23 bits per heavy atom. The normalized spacial score (nSPS) is 12.2. The maximum Gasteiger partial charge on any atom is 0.225 e. The van der Waals surface area contributed by atoms with E-state index in [-0.39, 0.29) is 0 Å². The Morgan fingerprint density at radius 2 is 1.91 bits per heavy atom. The van der Waals surface area contributed by atoms with Crippen LogP contribution in [0.25, 0.3) is 0 Å². The smallest absolute Gasteiger partial charge is 0.225 e. The van der Waals surface area contributed by atoms with Crippen molar-refractivity contribution >= 4 is 34.4 Å². The Labute approximate surface area is 146 Å². The highest BCUT2D eigenvalue weighted by Crippen LogP contribution is 2.20. The molecule has 1 aromatic heterocycles. The van der Waals surface area contributed by atoms with E-state index in [2.05, 4.69) is 76.0 Å². The first-order valence-corrected chi connectivity index (χ1v) is 8.71. The van der Waals surface area contributed by atoms with Crippen molar-refractivity contribution in [2.24, 2.45) is 0 Å². The van der Waals surface area contributed by atoms with Gasteiger partial charge in [-0.25, -0.2) is 4.98 Å². The fourth-order valence-electron chi connectivity index (χ4n) is 2.43. The zero-order valence-electron chi connectivity index (χ0n) is 13.4. The highest BCUT2D eigenvalue weighted by Gasteiger charge is 2.11. The molecule has 0 amide bonds. The zero-order chi connectivity index (χ0) is 16.1. The summed E-state index contributed by atoms with van der Waals surface area (Å²) in [7, 11) is 0. The van der Waals surface area contributed by atoms with Crippen molar-refractivity contribution in [2.45, 2.75) is 46.1 Å². The summed E-state index contributed by atoms with van der Waals surface area (Å²) in [4.78, 5) is 8.99. The first-order chi connectivity index (χ1) is 10.5. The average Bonchev–Trinajstić information content (AvgIpc) is 2.45. The molecule has 0 saturated heterocycles. The van der Waals surface area contributed by atoms with Crippen LogP contribution in [0.3, 0.4) is 0 Å². The SMILES string of the molecule is CCCC(C)Nc1nc(C)c(Cc2ccc(I)cc2)c(N)n1. The van der Waals surface area contributed by atoms with E-state index in [0.717, 1.165) is 30.5 Å². The number of nitrogen functional groups attached to an aromatic ring is 1. The standard InChI is InChI=1S/C17H23IN4/c1-4-5-11(2)20-17-21-12(3)15(16(19)22-17)10-13-6-8-14(18)9-7-13/h6-9,11H,4-5,10H2,1-3H3,(H3,19,20,21,22). The average molecular weight is 410 g/mol. The molecule has 1 atom stereocenters. The molecule has 118 valence electrons. The van der Waals surface area contributed by atoms with E-state index in [1.54, 1.807) is 0 Å². The van der Waals surface area contributed by atoms with E-state index in [4.69, 9.17) is 5.73 Å². The highest BCUT2D eigenvalue weighted by molar-refractivity contribution is 14.1. The molecule has 2 aromatic rings. The molecular weight excluding hydrogens is 387 g/mol. The third-order valence-electron chi connectivity index (χ3n) is 3.64. The quantitative estimate of drug-likeness (QED) is 0.702. The molecule has 0 fully saturated rings. The van der Waals surface area contributed by atoms with Crippen molar-refractivity contribution in [3.8, 4) is 0 Å². The van der Waals surface area contributed by atoms with Crippen LogP contribution in [-0.4, -0.2) is 16.0 Å². The van der Waals surface area contributed by atoms with E-state index < -0.39 is 0 Å². The van der Waals surface area contributed by atoms with Gasteiger partial charge in [0.15, 0.2) is 0 Å². The zero-order valence-corrected chi connectivity index (χ0v) is 15.5. The van der Waals surface area contributed by atoms with Gasteiger partial charge in [-0.1, -0.05) is 25.5 Å². The lowest BCUT2D eigenvalue weighted by Gasteiger charge is -2.15. The molecule has 0 radical (unpaired) electrons. The lowest BCUT2D eigenvalue weighted by atomic mass is 10.0. The van der Waals surface area contributed by atoms with Gasteiger partial charge in [0.1, 0.15) is 5.82 Å². The molecular formula is C17H23IN4. The summed E-state index contributed by atoms with van der Waals surface area (Å²) in [5.41, 5.74) is 9.33. The summed E-state index contributed by atoms with van der Waals surface area (Å²) in [6.45, 7) is 6.30. The van der Waals surface area contributed by atoms with E-state index in [9.17, 15) is 0 Å². The van der Waals surface area contributed by atoms with Crippen LogP contribution in [-0.2, 0) is 6.42 Å². The fourth-order valence-corrected chi connectivity index (χ4v) is 2.79. The Kier molecular flexibility index (Phi) is 5.99. The number of hydrogen-bond acceptors (Lipinski definition) is 4. The second kappa shape index (κ2) is 7.76. The van der Waals surface area contributed by atoms with Crippen LogP contribution < -0.4 is 11.1 Å². The van der Waals surface area contributed by atoms with Gasteiger partial charge in [-0.2, -0.15) is 4.98 Å². The number of anilines is 2. The third kappa shape index (κ3) is 4.56. The first kappa shape index (κ1) is 17.0. The minimum Gasteiger partial charge on any atom is -0.383 e. The van der Waals surface area contributed by atoms with Crippen molar-refractivity contribution in [1.29, 1.82) is 0 Å². The summed E-state index contributed by atoms with van der Waals surface area (Å²) in [5, 5.41) is 3.32. The molecule has 1 unspecified atom stereocenters. The van der Waals surface area contributed by atoms with Gasteiger partial charge in [-0.15, -0.1) is 0 Å². The molecule has 0 saturated carbocycles. The predicted octanol–water partition coefficient (Wildman–Crippen LogP) is 4.16. The van der Waals surface area contributed by atoms with E-state index >= 15 is 0 Å². The summed E-state index contributed by atoms with van der Waals surface area (Å²) in [6, 6.07) is 8.80. The van der Waals surface area contributed by atoms with Gasteiger partial charge >= 0.3 is 0 Å². The Morgan fingerprint density at radius 3 is 2.50 bits per heavy atom. The molecule has 0 aliphatic carbocycles. The molecule has 0 aliphatic rings. The largest absolute Gasteiger partial charge is 0.383 e. The van der Waals surface area contributed by atoms with Gasteiger partial charge in [-0.3, -0.25) is 0 Å². The second-order valence-electron chi connectivity index (χ2n) is 5.63. The maximum atomic E-state index is 6.16. The van der Waals surface area contributed by atoms with E-state index in [0.29, 0.717) is 17.8 Å². The predicted molar refractivity (Wildman–Crippen MR) is 101 cm³/mol. The third-order valence-corrected chi connectivity index (χ3v) is 4.36. The van der Waals surface area contributed by atoms with E-state index in [1.807, 2.05) is 6.92 Å². The molecule has 1 heterocycles. The number of aromatic nitrogens is 2. The Balaban J connectivity index is 2.17. The topological polar surface area (TPSA) is 63.8 Å². The van der Waals surface area contributed by atoms with Crippen molar-refractivity contribution in [2.75, 3.05) is 11.1 Å². The molecule has 2 rings (SSSR count). The van der Waals surface area contributed by atoms with Crippen molar-refractivity contribution in [3.63, 3.8) is 0 Å². The van der Waals surface area contributed by atoms with E-state index in [1.165, 1.54) is 9.13 Å². The molecule has 0 spiro atoms. The molecule has 0 bridgehead atoms. The number of nitrogens with one attached hydrogen (secondary N) is 1. The van der Waals surface area contributed by atoms with Crippen LogP contribution in [0.1, 0.15) is 43.5 Å².